The monoisotopic (exact) mass is 1090 g/mol. The molecule has 5 heterocycles. The molecule has 0 spiro atoms. The molecule has 2 amide bonds. The van der Waals surface area contributed by atoms with Crippen molar-refractivity contribution in [1.82, 2.24) is 15.2 Å². The Bertz CT molecular complexity index is 2910. The van der Waals surface area contributed by atoms with E-state index in [0.717, 1.165) is 76.6 Å². The summed E-state index contributed by atoms with van der Waals surface area (Å²) >= 11 is 2.88. The van der Waals surface area contributed by atoms with Crippen LogP contribution in [0.5, 0.6) is 0 Å². The molecular weight excluding hydrogens is 1030 g/mol. The van der Waals surface area contributed by atoms with Crippen LogP contribution in [0.25, 0.3) is 0 Å². The highest BCUT2D eigenvalue weighted by Crippen LogP contribution is 2.44. The first-order chi connectivity index (χ1) is 37.2. The number of carbonyl (C=O) groups is 4. The number of β-lactam (4-membered cyclic amide) rings is 1. The van der Waals surface area contributed by atoms with Gasteiger partial charge in [0.1, 0.15) is 40.9 Å². The molecule has 0 saturated carbocycles. The largest absolute Gasteiger partial charge is 0.542 e. The van der Waals surface area contributed by atoms with Crippen LogP contribution < -0.4 is 15.7 Å². The number of nitrogens with zero attached hydrogens (tertiary/aromatic N) is 4. The number of carboxylic acids is 1. The van der Waals surface area contributed by atoms with E-state index in [2.05, 4.69) is 59.2 Å². The summed E-state index contributed by atoms with van der Waals surface area (Å²) in [4.78, 5) is 65.5. The second-order valence-electron chi connectivity index (χ2n) is 19.3. The number of hydrogen-bond donors (Lipinski definition) is 2. The van der Waals surface area contributed by atoms with E-state index in [1.807, 2.05) is 115 Å². The standard InChI is InChI=1S/C56H56N6O6S2.C2HF3O2/c1-62(33-19-7-20-34-62)36-41-37-69-53-48(52(64)61(53)49(41)54(65)67-50(39-22-8-2-9-23-39)40-24-10-3-11-25-40)58-51(63)47(60-68-46-32-18-21-35-66-46)45-38-70-55(57-45)59-56(42-26-12-4-13-27-42,43-28-14-5-15-29-43)44-30-16-6-17-31-44;3-2(4,5)1(6)7/h2-6,8-17,22-31,38,46,48,50,53H,7,18-21,32-37H2,1H3,(H-,57,58,59,63);(H,6,7)/t46?,48?,53-;/m1./s1. The van der Waals surface area contributed by atoms with Gasteiger partial charge in [0.15, 0.2) is 16.9 Å². The Morgan fingerprint density at radius 2 is 1.34 bits per heavy atom. The predicted molar refractivity (Wildman–Crippen MR) is 285 cm³/mol. The average molecular weight is 1090 g/mol. The van der Waals surface area contributed by atoms with Crippen LogP contribution in [0.1, 0.15) is 78.1 Å². The van der Waals surface area contributed by atoms with Crippen molar-refractivity contribution in [2.24, 2.45) is 5.16 Å². The number of likely N-dealkylation sites (N-methyl/N-ethyl adjacent to an activating group) is 1. The van der Waals surface area contributed by atoms with Gasteiger partial charge in [0.2, 0.25) is 6.29 Å². The molecular formula is C58H57F3N6O8S2. The SMILES string of the molecule is C[N+]1(CC2=C(C(=O)OC(c3ccccc3)c3ccccc3)N3C(=O)C(NC(=O)C(=NOC4CCCCO4)c4csc(NC(c5ccccc5)(c5ccccc5)c5ccccc5)n4)[C@H]3SC2)CCCCC1.O=C([O-])C(F)(F)F. The van der Waals surface area contributed by atoms with E-state index in [-0.39, 0.29) is 17.1 Å². The van der Waals surface area contributed by atoms with Gasteiger partial charge < -0.3 is 39.3 Å². The molecule has 14 nitrogen and oxygen atoms in total. The van der Waals surface area contributed by atoms with Crippen LogP contribution in [0.4, 0.5) is 18.3 Å². The topological polar surface area (TPSA) is 172 Å². The third-order valence-corrected chi connectivity index (χ3v) is 16.0. The molecule has 77 heavy (non-hydrogen) atoms. The summed E-state index contributed by atoms with van der Waals surface area (Å²) in [6.45, 7) is 3.11. The van der Waals surface area contributed by atoms with Crippen molar-refractivity contribution in [1.29, 1.82) is 0 Å². The van der Waals surface area contributed by atoms with Crippen LogP contribution in [-0.4, -0.2) is 107 Å². The normalized spacial score (nSPS) is 19.4. The minimum Gasteiger partial charge on any atom is -0.542 e. The number of benzene rings is 5. The lowest BCUT2D eigenvalue weighted by Crippen LogP contribution is -2.71. The number of carboxylic acid groups (broad SMARTS) is 1. The lowest BCUT2D eigenvalue weighted by atomic mass is 9.77. The number of quaternary nitrogens is 1. The molecule has 400 valence electrons. The van der Waals surface area contributed by atoms with Crippen molar-refractivity contribution in [3.8, 4) is 0 Å². The molecule has 1 aromatic heterocycles. The Hall–Kier alpha value is -7.32. The van der Waals surface area contributed by atoms with Crippen LogP contribution in [0.15, 0.2) is 173 Å². The number of ether oxygens (including phenoxy) is 2. The quantitative estimate of drug-likeness (QED) is 0.0237. The van der Waals surface area contributed by atoms with Crippen LogP contribution >= 0.6 is 23.1 Å². The molecule has 19 heteroatoms. The number of likely N-dealkylation sites (tertiary alicyclic amines) is 1. The lowest BCUT2D eigenvalue weighted by Gasteiger charge is -2.50. The van der Waals surface area contributed by atoms with E-state index in [0.29, 0.717) is 30.5 Å². The molecule has 2 unspecified atom stereocenters. The van der Waals surface area contributed by atoms with Gasteiger partial charge >= 0.3 is 12.1 Å². The summed E-state index contributed by atoms with van der Waals surface area (Å²) in [5.74, 6) is -4.11. The summed E-state index contributed by atoms with van der Waals surface area (Å²) in [5, 5.41) is 21.8. The van der Waals surface area contributed by atoms with Gasteiger partial charge in [-0.1, -0.05) is 157 Å². The molecule has 6 aromatic rings. The van der Waals surface area contributed by atoms with Crippen LogP contribution in [0.2, 0.25) is 0 Å². The van der Waals surface area contributed by atoms with E-state index in [1.54, 1.807) is 22.0 Å². The lowest BCUT2D eigenvalue weighted by molar-refractivity contribution is -0.909. The second kappa shape index (κ2) is 24.3. The Morgan fingerprint density at radius 3 is 1.84 bits per heavy atom. The summed E-state index contributed by atoms with van der Waals surface area (Å²) < 4.78 is 44.7. The third kappa shape index (κ3) is 12.6. The van der Waals surface area contributed by atoms with Gasteiger partial charge in [-0.15, -0.1) is 23.1 Å². The van der Waals surface area contributed by atoms with Crippen molar-refractivity contribution in [3.63, 3.8) is 0 Å². The number of nitrogens with one attached hydrogen (secondary N) is 2. The number of thiazole rings is 1. The Kier molecular flexibility index (Phi) is 17.2. The van der Waals surface area contributed by atoms with E-state index in [1.165, 1.54) is 17.8 Å². The number of carbonyl (C=O) groups excluding carboxylic acids is 4. The number of aromatic nitrogens is 1. The highest BCUT2D eigenvalue weighted by Gasteiger charge is 2.56. The van der Waals surface area contributed by atoms with Crippen LogP contribution in [-0.2, 0) is 39.0 Å². The maximum Gasteiger partial charge on any atom is 0.430 e. The summed E-state index contributed by atoms with van der Waals surface area (Å²) in [6.07, 6.45) is -0.728. The number of fused-ring (bicyclic) bond motifs is 1. The van der Waals surface area contributed by atoms with E-state index in [9.17, 15) is 27.6 Å². The summed E-state index contributed by atoms with van der Waals surface area (Å²) in [7, 11) is 2.23. The number of anilines is 1. The van der Waals surface area contributed by atoms with Gasteiger partial charge in [0.05, 0.1) is 26.7 Å². The number of hydrogen-bond acceptors (Lipinski definition) is 13. The molecule has 5 aromatic carbocycles. The fourth-order valence-corrected chi connectivity index (χ4v) is 12.2. The minimum atomic E-state index is -5.19. The number of halogens is 3. The number of thioether (sulfide) groups is 1. The number of esters is 1. The third-order valence-electron chi connectivity index (χ3n) is 13.9. The number of oxime groups is 1. The molecule has 0 bridgehead atoms. The molecule has 3 saturated heterocycles. The first kappa shape index (κ1) is 54.5. The molecule has 3 atom stereocenters. The highest BCUT2D eigenvalue weighted by molar-refractivity contribution is 8.00. The van der Waals surface area contributed by atoms with Crippen molar-refractivity contribution < 1.29 is 56.3 Å². The second-order valence-corrected chi connectivity index (χ2v) is 21.3. The Balaban J connectivity index is 0.000000967. The Labute approximate surface area is 452 Å². The molecule has 4 aliphatic heterocycles. The number of alkyl halides is 3. The van der Waals surface area contributed by atoms with Crippen LogP contribution in [0.3, 0.4) is 0 Å². The van der Waals surface area contributed by atoms with Gasteiger partial charge in [0, 0.05) is 23.1 Å². The molecule has 0 radical (unpaired) electrons. The minimum absolute atomic E-state index is 0.0952. The molecule has 2 N–H and O–H groups in total. The van der Waals surface area contributed by atoms with Crippen molar-refractivity contribution >= 4 is 57.7 Å². The number of amides is 2. The fourth-order valence-electron chi connectivity index (χ4n) is 10.1. The highest BCUT2D eigenvalue weighted by atomic mass is 32.2. The first-order valence-corrected chi connectivity index (χ1v) is 27.3. The molecule has 3 fully saturated rings. The van der Waals surface area contributed by atoms with Gasteiger partial charge in [-0.25, -0.2) is 9.78 Å². The first-order valence-electron chi connectivity index (χ1n) is 25.4. The number of aliphatic carboxylic acids is 1. The maximum absolute atomic E-state index is 14.8. The molecule has 4 aliphatic rings. The van der Waals surface area contributed by atoms with Crippen LogP contribution in [0, 0.1) is 0 Å². The fraction of sp³-hybridized carbons (Fsp3) is 0.310. The van der Waals surface area contributed by atoms with Crippen molar-refractivity contribution in [3.05, 3.63) is 202 Å². The van der Waals surface area contributed by atoms with Crippen molar-refractivity contribution in [2.45, 2.75) is 74.0 Å². The number of rotatable bonds is 16. The van der Waals surface area contributed by atoms with Gasteiger partial charge in [-0.2, -0.15) is 13.2 Å². The predicted octanol–water partition coefficient (Wildman–Crippen LogP) is 8.71. The van der Waals surface area contributed by atoms with Gasteiger partial charge in [0.25, 0.3) is 11.8 Å². The number of piperidine rings is 1. The zero-order valence-electron chi connectivity index (χ0n) is 42.1. The maximum atomic E-state index is 14.8. The summed E-state index contributed by atoms with van der Waals surface area (Å²) in [5.41, 5.74) is 5.06. The molecule has 0 aliphatic carbocycles. The van der Waals surface area contributed by atoms with Crippen molar-refractivity contribution in [2.75, 3.05) is 44.4 Å². The van der Waals surface area contributed by atoms with E-state index < -0.39 is 59.3 Å². The van der Waals surface area contributed by atoms with E-state index in [4.69, 9.17) is 29.2 Å². The average Bonchev–Trinajstić information content (AvgIpc) is 4.02. The van der Waals surface area contributed by atoms with Gasteiger partial charge in [-0.3, -0.25) is 14.5 Å². The van der Waals surface area contributed by atoms with Gasteiger partial charge in [-0.05, 0) is 59.9 Å². The Morgan fingerprint density at radius 1 is 0.805 bits per heavy atom. The smallest absolute Gasteiger partial charge is 0.430 e. The zero-order valence-corrected chi connectivity index (χ0v) is 43.7. The van der Waals surface area contributed by atoms with E-state index >= 15 is 0 Å². The zero-order chi connectivity index (χ0) is 54.0. The molecule has 10 rings (SSSR count). The summed E-state index contributed by atoms with van der Waals surface area (Å²) in [6, 6.07) is 49.0.